The number of benzene rings is 1. The quantitative estimate of drug-likeness (QED) is 0.724. The van der Waals surface area contributed by atoms with Crippen molar-refractivity contribution in [1.29, 1.82) is 0 Å². The SMILES string of the molecule is Cc1cc2c(o1)CC(C)(C)C[C@@H]2NC(=O)N[C@@H](C)c1cccc(S(N)(=O)=O)c1. The molecule has 0 aliphatic heterocycles. The van der Waals surface area contributed by atoms with Crippen LogP contribution >= 0.6 is 0 Å². The summed E-state index contributed by atoms with van der Waals surface area (Å²) < 4.78 is 28.9. The lowest BCUT2D eigenvalue weighted by atomic mass is 9.75. The summed E-state index contributed by atoms with van der Waals surface area (Å²) in [5.74, 6) is 1.76. The van der Waals surface area contributed by atoms with Crippen LogP contribution in [0.1, 0.15) is 61.9 Å². The number of fused-ring (bicyclic) bond motifs is 1. The van der Waals surface area contributed by atoms with E-state index in [9.17, 15) is 13.2 Å². The monoisotopic (exact) mass is 405 g/mol. The van der Waals surface area contributed by atoms with Crippen molar-refractivity contribution in [2.45, 2.75) is 57.5 Å². The van der Waals surface area contributed by atoms with Gasteiger partial charge in [-0.3, -0.25) is 0 Å². The molecule has 1 aliphatic rings. The van der Waals surface area contributed by atoms with Gasteiger partial charge in [-0.25, -0.2) is 18.4 Å². The summed E-state index contributed by atoms with van der Waals surface area (Å²) in [4.78, 5) is 12.6. The number of carbonyl (C=O) groups excluding carboxylic acids is 1. The molecular formula is C20H27N3O4S. The lowest BCUT2D eigenvalue weighted by molar-refractivity contribution is 0.212. The maximum atomic E-state index is 12.6. The zero-order valence-corrected chi connectivity index (χ0v) is 17.4. The molecule has 0 radical (unpaired) electrons. The molecule has 1 heterocycles. The molecule has 0 bridgehead atoms. The molecule has 0 unspecified atom stereocenters. The lowest BCUT2D eigenvalue weighted by Gasteiger charge is -2.34. The van der Waals surface area contributed by atoms with E-state index in [-0.39, 0.29) is 28.4 Å². The van der Waals surface area contributed by atoms with Crippen molar-refractivity contribution in [2.24, 2.45) is 10.6 Å². The van der Waals surface area contributed by atoms with Crippen molar-refractivity contribution < 1.29 is 17.6 Å². The van der Waals surface area contributed by atoms with Crippen LogP contribution in [0.2, 0.25) is 0 Å². The average Bonchev–Trinajstić information content (AvgIpc) is 2.93. The predicted molar refractivity (Wildman–Crippen MR) is 106 cm³/mol. The topological polar surface area (TPSA) is 114 Å². The van der Waals surface area contributed by atoms with Crippen molar-refractivity contribution >= 4 is 16.1 Å². The molecule has 7 nitrogen and oxygen atoms in total. The Morgan fingerprint density at radius 1 is 1.32 bits per heavy atom. The van der Waals surface area contributed by atoms with Gasteiger partial charge in [-0.05, 0) is 49.4 Å². The molecule has 2 aromatic rings. The van der Waals surface area contributed by atoms with E-state index < -0.39 is 10.0 Å². The smallest absolute Gasteiger partial charge is 0.315 e. The minimum absolute atomic E-state index is 0.0185. The van der Waals surface area contributed by atoms with Crippen molar-refractivity contribution in [1.82, 2.24) is 10.6 Å². The number of amides is 2. The van der Waals surface area contributed by atoms with E-state index in [0.29, 0.717) is 5.56 Å². The second-order valence-corrected chi connectivity index (χ2v) is 9.85. The molecule has 0 saturated heterocycles. The van der Waals surface area contributed by atoms with E-state index in [1.165, 1.54) is 12.1 Å². The third-order valence-corrected chi connectivity index (χ3v) is 5.99. The fourth-order valence-electron chi connectivity index (χ4n) is 3.75. The van der Waals surface area contributed by atoms with Gasteiger partial charge in [0.25, 0.3) is 0 Å². The van der Waals surface area contributed by atoms with Gasteiger partial charge in [0.2, 0.25) is 10.0 Å². The van der Waals surface area contributed by atoms with Gasteiger partial charge >= 0.3 is 6.03 Å². The highest BCUT2D eigenvalue weighted by Gasteiger charge is 2.35. The van der Waals surface area contributed by atoms with E-state index in [4.69, 9.17) is 9.56 Å². The number of aryl methyl sites for hydroxylation is 1. The molecule has 1 aromatic carbocycles. The van der Waals surface area contributed by atoms with Gasteiger partial charge in [-0.15, -0.1) is 0 Å². The Balaban J connectivity index is 1.72. The number of primary sulfonamides is 1. The minimum Gasteiger partial charge on any atom is -0.466 e. The third kappa shape index (κ3) is 4.56. The first kappa shape index (κ1) is 20.4. The van der Waals surface area contributed by atoms with E-state index >= 15 is 0 Å². The van der Waals surface area contributed by atoms with E-state index in [0.717, 1.165) is 29.9 Å². The molecule has 152 valence electrons. The third-order valence-electron chi connectivity index (χ3n) is 5.08. The highest BCUT2D eigenvalue weighted by molar-refractivity contribution is 7.89. The van der Waals surface area contributed by atoms with Crippen LogP contribution < -0.4 is 15.8 Å². The maximum Gasteiger partial charge on any atom is 0.315 e. The standard InChI is InChI=1S/C20H27N3O4S/c1-12-8-16-17(10-20(3,4)11-18(16)27-12)23-19(24)22-13(2)14-6-5-7-15(9-14)28(21,25)26/h5-9,13,17H,10-11H2,1-4H3,(H2,21,25,26)(H2,22,23,24)/t13-,17-/m0/s1. The summed E-state index contributed by atoms with van der Waals surface area (Å²) in [6, 6.07) is 7.40. The number of carbonyl (C=O) groups is 1. The molecule has 8 heteroatoms. The highest BCUT2D eigenvalue weighted by atomic mass is 32.2. The van der Waals surface area contributed by atoms with Crippen LogP contribution in [-0.4, -0.2) is 14.4 Å². The first-order valence-electron chi connectivity index (χ1n) is 9.24. The Morgan fingerprint density at radius 3 is 2.71 bits per heavy atom. The maximum absolute atomic E-state index is 12.6. The van der Waals surface area contributed by atoms with Crippen molar-refractivity contribution in [3.05, 3.63) is 53.0 Å². The second kappa shape index (κ2) is 7.25. The summed E-state index contributed by atoms with van der Waals surface area (Å²) in [7, 11) is -3.79. The van der Waals surface area contributed by atoms with E-state index in [1.807, 2.05) is 13.0 Å². The zero-order chi connectivity index (χ0) is 20.7. The van der Waals surface area contributed by atoms with Gasteiger partial charge in [0.15, 0.2) is 0 Å². The number of nitrogens with one attached hydrogen (secondary N) is 2. The van der Waals surface area contributed by atoms with Crippen LogP contribution in [0.15, 0.2) is 39.6 Å². The predicted octanol–water partition coefficient (Wildman–Crippen LogP) is 3.31. The molecule has 3 rings (SSSR count). The molecule has 0 saturated carbocycles. The van der Waals surface area contributed by atoms with Crippen molar-refractivity contribution in [3.8, 4) is 0 Å². The lowest BCUT2D eigenvalue weighted by Crippen LogP contribution is -2.42. The normalized spacial score (nSPS) is 19.5. The van der Waals surface area contributed by atoms with Crippen LogP contribution in [0.4, 0.5) is 4.79 Å². The number of rotatable bonds is 4. The van der Waals surface area contributed by atoms with Crippen molar-refractivity contribution in [3.63, 3.8) is 0 Å². The largest absolute Gasteiger partial charge is 0.466 e. The summed E-state index contributed by atoms with van der Waals surface area (Å²) in [5, 5.41) is 11.1. The minimum atomic E-state index is -3.79. The first-order valence-corrected chi connectivity index (χ1v) is 10.8. The number of urea groups is 1. The average molecular weight is 406 g/mol. The molecular weight excluding hydrogens is 378 g/mol. The Kier molecular flexibility index (Phi) is 5.29. The molecule has 1 aliphatic carbocycles. The van der Waals surface area contributed by atoms with E-state index in [2.05, 4.69) is 24.5 Å². The van der Waals surface area contributed by atoms with Gasteiger partial charge in [0.1, 0.15) is 11.5 Å². The number of hydrogen-bond donors (Lipinski definition) is 3. The fourth-order valence-corrected chi connectivity index (χ4v) is 4.32. The number of furan rings is 1. The van der Waals surface area contributed by atoms with E-state index in [1.54, 1.807) is 19.1 Å². The molecule has 1 aromatic heterocycles. The van der Waals surface area contributed by atoms with Crippen LogP contribution in [0.3, 0.4) is 0 Å². The molecule has 2 atom stereocenters. The van der Waals surface area contributed by atoms with Crippen molar-refractivity contribution in [2.75, 3.05) is 0 Å². The van der Waals surface area contributed by atoms with Gasteiger partial charge in [0, 0.05) is 12.0 Å². The summed E-state index contributed by atoms with van der Waals surface area (Å²) >= 11 is 0. The molecule has 0 spiro atoms. The van der Waals surface area contributed by atoms with Gasteiger partial charge in [-0.1, -0.05) is 26.0 Å². The number of sulfonamides is 1. The first-order chi connectivity index (χ1) is 12.9. The summed E-state index contributed by atoms with van der Waals surface area (Å²) in [5.41, 5.74) is 1.70. The number of hydrogen-bond acceptors (Lipinski definition) is 4. The van der Waals surface area contributed by atoms with Crippen LogP contribution in [0.5, 0.6) is 0 Å². The Bertz CT molecular complexity index is 995. The Labute approximate surface area is 165 Å². The number of nitrogens with two attached hydrogens (primary N) is 1. The summed E-state index contributed by atoms with van der Waals surface area (Å²) in [6.45, 7) is 8.01. The Hall–Kier alpha value is -2.32. The van der Waals surface area contributed by atoms with Gasteiger partial charge in [-0.2, -0.15) is 0 Å². The van der Waals surface area contributed by atoms with Crippen LogP contribution in [0, 0.1) is 12.3 Å². The summed E-state index contributed by atoms with van der Waals surface area (Å²) in [6.07, 6.45) is 1.65. The molecule has 0 fully saturated rings. The van der Waals surface area contributed by atoms with Gasteiger partial charge in [0.05, 0.1) is 17.0 Å². The second-order valence-electron chi connectivity index (χ2n) is 8.29. The molecule has 4 N–H and O–H groups in total. The highest BCUT2D eigenvalue weighted by Crippen LogP contribution is 2.42. The van der Waals surface area contributed by atoms with Crippen LogP contribution in [0.25, 0.3) is 0 Å². The molecule has 28 heavy (non-hydrogen) atoms. The van der Waals surface area contributed by atoms with Gasteiger partial charge < -0.3 is 15.1 Å². The zero-order valence-electron chi connectivity index (χ0n) is 16.6. The Morgan fingerprint density at radius 2 is 2.04 bits per heavy atom. The van der Waals surface area contributed by atoms with Crippen LogP contribution in [-0.2, 0) is 16.4 Å². The molecule has 2 amide bonds. The fraction of sp³-hybridized carbons (Fsp3) is 0.450.